The summed E-state index contributed by atoms with van der Waals surface area (Å²) in [4.78, 5) is 25.9. The Labute approximate surface area is 142 Å². The minimum absolute atomic E-state index is 0.101. The maximum absolute atomic E-state index is 12.1. The molecule has 1 atom stereocenters. The highest BCUT2D eigenvalue weighted by Gasteiger charge is 2.53. The molecule has 7 heteroatoms. The van der Waals surface area contributed by atoms with Gasteiger partial charge in [-0.25, -0.2) is 0 Å². The molecule has 1 aromatic rings. The highest BCUT2D eigenvalue weighted by molar-refractivity contribution is 5.92. The van der Waals surface area contributed by atoms with Gasteiger partial charge < -0.3 is 15.0 Å². The number of carbonyl (C=O) groups excluding carboxylic acids is 2. The van der Waals surface area contributed by atoms with E-state index >= 15 is 0 Å². The summed E-state index contributed by atoms with van der Waals surface area (Å²) in [6.45, 7) is 4.78. The van der Waals surface area contributed by atoms with E-state index in [0.717, 1.165) is 25.9 Å². The number of aromatic nitrogens is 2. The van der Waals surface area contributed by atoms with Crippen molar-refractivity contribution >= 4 is 11.8 Å². The third-order valence-corrected chi connectivity index (χ3v) is 5.17. The Kier molecular flexibility index (Phi) is 4.89. The summed E-state index contributed by atoms with van der Waals surface area (Å²) in [7, 11) is 1.75. The zero-order chi connectivity index (χ0) is 17.2. The largest absolute Gasteiger partial charge is 0.371 e. The average molecular weight is 334 g/mol. The second-order valence-electron chi connectivity index (χ2n) is 6.78. The summed E-state index contributed by atoms with van der Waals surface area (Å²) in [5.74, 6) is 0.522. The first kappa shape index (κ1) is 17.0. The predicted molar refractivity (Wildman–Crippen MR) is 88.4 cm³/mol. The van der Waals surface area contributed by atoms with Gasteiger partial charge in [0.15, 0.2) is 0 Å². The van der Waals surface area contributed by atoms with E-state index in [4.69, 9.17) is 4.74 Å². The van der Waals surface area contributed by atoms with E-state index < -0.39 is 0 Å². The molecule has 1 aromatic heterocycles. The number of carbonyl (C=O) groups is 2. The van der Waals surface area contributed by atoms with Gasteiger partial charge in [0.1, 0.15) is 11.3 Å². The van der Waals surface area contributed by atoms with Crippen LogP contribution in [0, 0.1) is 5.92 Å². The number of hydrogen-bond donors (Lipinski definition) is 1. The van der Waals surface area contributed by atoms with Crippen molar-refractivity contribution in [2.75, 3.05) is 26.2 Å². The minimum atomic E-state index is -0.180. The number of hydrogen-bond acceptors (Lipinski definition) is 4. The molecule has 1 N–H and O–H groups in total. The highest BCUT2D eigenvalue weighted by atomic mass is 16.5. The normalized spacial score (nSPS) is 21.8. The van der Waals surface area contributed by atoms with Crippen LogP contribution in [0.25, 0.3) is 0 Å². The van der Waals surface area contributed by atoms with Crippen LogP contribution in [0.15, 0.2) is 12.3 Å². The molecule has 3 heterocycles. The van der Waals surface area contributed by atoms with E-state index in [1.165, 1.54) is 0 Å². The molecule has 0 radical (unpaired) electrons. The van der Waals surface area contributed by atoms with E-state index in [-0.39, 0.29) is 17.4 Å². The summed E-state index contributed by atoms with van der Waals surface area (Å²) in [5, 5.41) is 6.96. The van der Waals surface area contributed by atoms with Gasteiger partial charge in [0.05, 0.1) is 13.1 Å². The molecule has 2 fully saturated rings. The van der Waals surface area contributed by atoms with Crippen molar-refractivity contribution in [1.82, 2.24) is 20.0 Å². The maximum Gasteiger partial charge on any atom is 0.269 e. The van der Waals surface area contributed by atoms with Crippen molar-refractivity contribution in [2.45, 2.75) is 38.2 Å². The summed E-state index contributed by atoms with van der Waals surface area (Å²) in [5.41, 5.74) is 0.382. The Balaban J connectivity index is 1.47. The molecular weight excluding hydrogens is 308 g/mol. The molecule has 2 saturated heterocycles. The number of ether oxygens (including phenoxy) is 1. The lowest BCUT2D eigenvalue weighted by Crippen LogP contribution is -2.66. The molecule has 0 aromatic carbocycles. The van der Waals surface area contributed by atoms with Gasteiger partial charge in [-0.05, 0) is 31.2 Å². The van der Waals surface area contributed by atoms with Gasteiger partial charge in [-0.1, -0.05) is 6.92 Å². The standard InChI is InChI=1S/C17H26N4O3/c1-3-4-15(22)21-11-17(12-21)13(7-10-24-17)5-8-18-16(23)14-6-9-19-20(14)2/h6,9,13H,3-5,7-8,10-12H2,1-2H3,(H,18,23). The monoisotopic (exact) mass is 334 g/mol. The minimum Gasteiger partial charge on any atom is -0.371 e. The second kappa shape index (κ2) is 6.93. The van der Waals surface area contributed by atoms with E-state index in [9.17, 15) is 9.59 Å². The molecule has 7 nitrogen and oxygen atoms in total. The fourth-order valence-electron chi connectivity index (χ4n) is 3.74. The third kappa shape index (κ3) is 3.17. The molecule has 132 valence electrons. The summed E-state index contributed by atoms with van der Waals surface area (Å²) < 4.78 is 7.54. The van der Waals surface area contributed by atoms with Crippen LogP contribution in [-0.4, -0.2) is 58.3 Å². The van der Waals surface area contributed by atoms with Gasteiger partial charge in [0, 0.05) is 32.8 Å². The van der Waals surface area contributed by atoms with Gasteiger partial charge in [-0.3, -0.25) is 14.3 Å². The lowest BCUT2D eigenvalue weighted by Gasteiger charge is -2.50. The molecule has 1 spiro atoms. The fourth-order valence-corrected chi connectivity index (χ4v) is 3.74. The summed E-state index contributed by atoms with van der Waals surface area (Å²) >= 11 is 0. The number of likely N-dealkylation sites (tertiary alicyclic amines) is 1. The van der Waals surface area contributed by atoms with Gasteiger partial charge in [0.2, 0.25) is 5.91 Å². The molecule has 0 bridgehead atoms. The number of rotatable bonds is 6. The van der Waals surface area contributed by atoms with Gasteiger partial charge in [0.25, 0.3) is 5.91 Å². The fraction of sp³-hybridized carbons (Fsp3) is 0.706. The number of amides is 2. The Bertz CT molecular complexity index is 607. The van der Waals surface area contributed by atoms with Gasteiger partial charge in [-0.2, -0.15) is 5.10 Å². The summed E-state index contributed by atoms with van der Waals surface area (Å²) in [6.07, 6.45) is 4.98. The van der Waals surface area contributed by atoms with Crippen LogP contribution >= 0.6 is 0 Å². The topological polar surface area (TPSA) is 76.5 Å². The third-order valence-electron chi connectivity index (χ3n) is 5.17. The molecule has 24 heavy (non-hydrogen) atoms. The van der Waals surface area contributed by atoms with Crippen LogP contribution in [0.2, 0.25) is 0 Å². The first-order valence-corrected chi connectivity index (χ1v) is 8.73. The molecule has 2 amide bonds. The van der Waals surface area contributed by atoms with Crippen LogP contribution in [-0.2, 0) is 16.6 Å². The van der Waals surface area contributed by atoms with E-state index in [1.54, 1.807) is 24.0 Å². The van der Waals surface area contributed by atoms with Crippen molar-refractivity contribution in [3.05, 3.63) is 18.0 Å². The molecule has 0 saturated carbocycles. The molecule has 0 aliphatic carbocycles. The maximum atomic E-state index is 12.1. The first-order valence-electron chi connectivity index (χ1n) is 8.73. The van der Waals surface area contributed by atoms with Gasteiger partial charge >= 0.3 is 0 Å². The van der Waals surface area contributed by atoms with Crippen molar-refractivity contribution in [1.29, 1.82) is 0 Å². The Morgan fingerprint density at radius 2 is 2.25 bits per heavy atom. The first-order chi connectivity index (χ1) is 11.6. The lowest BCUT2D eigenvalue weighted by molar-refractivity contribution is -0.165. The molecule has 3 rings (SSSR count). The zero-order valence-corrected chi connectivity index (χ0v) is 14.5. The number of aryl methyl sites for hydroxylation is 1. The van der Waals surface area contributed by atoms with E-state index in [1.807, 2.05) is 11.8 Å². The second-order valence-corrected chi connectivity index (χ2v) is 6.78. The van der Waals surface area contributed by atoms with Crippen LogP contribution in [0.4, 0.5) is 0 Å². The predicted octanol–water partition coefficient (Wildman–Crippen LogP) is 0.958. The van der Waals surface area contributed by atoms with Crippen molar-refractivity contribution in [2.24, 2.45) is 13.0 Å². The Hall–Kier alpha value is -1.89. The number of nitrogens with one attached hydrogen (secondary N) is 1. The Morgan fingerprint density at radius 1 is 1.46 bits per heavy atom. The van der Waals surface area contributed by atoms with Crippen molar-refractivity contribution < 1.29 is 14.3 Å². The number of nitrogens with zero attached hydrogens (tertiary/aromatic N) is 3. The average Bonchev–Trinajstić information content (AvgIpc) is 3.12. The molecular formula is C17H26N4O3. The SMILES string of the molecule is CCCC(=O)N1CC2(C1)OCCC2CCNC(=O)c1ccnn1C. The van der Waals surface area contributed by atoms with Gasteiger partial charge in [-0.15, -0.1) is 0 Å². The molecule has 2 aliphatic rings. The smallest absolute Gasteiger partial charge is 0.269 e. The van der Waals surface area contributed by atoms with Crippen molar-refractivity contribution in [3.63, 3.8) is 0 Å². The summed E-state index contributed by atoms with van der Waals surface area (Å²) in [6, 6.07) is 1.71. The van der Waals surface area contributed by atoms with Crippen LogP contribution in [0.1, 0.15) is 43.1 Å². The molecule has 1 unspecified atom stereocenters. The quantitative estimate of drug-likeness (QED) is 0.841. The zero-order valence-electron chi connectivity index (χ0n) is 14.5. The Morgan fingerprint density at radius 3 is 2.92 bits per heavy atom. The highest BCUT2D eigenvalue weighted by Crippen LogP contribution is 2.41. The van der Waals surface area contributed by atoms with E-state index in [0.29, 0.717) is 37.7 Å². The van der Waals surface area contributed by atoms with Crippen LogP contribution < -0.4 is 5.32 Å². The molecule has 2 aliphatic heterocycles. The van der Waals surface area contributed by atoms with Crippen molar-refractivity contribution in [3.8, 4) is 0 Å². The van der Waals surface area contributed by atoms with Crippen LogP contribution in [0.5, 0.6) is 0 Å². The lowest BCUT2D eigenvalue weighted by atomic mass is 9.78. The van der Waals surface area contributed by atoms with Crippen LogP contribution in [0.3, 0.4) is 0 Å². The van der Waals surface area contributed by atoms with E-state index in [2.05, 4.69) is 10.4 Å².